The van der Waals surface area contributed by atoms with Gasteiger partial charge in [0.05, 0.1) is 23.0 Å². The molecule has 0 saturated carbocycles. The van der Waals surface area contributed by atoms with E-state index in [0.29, 0.717) is 21.3 Å². The van der Waals surface area contributed by atoms with E-state index in [9.17, 15) is 14.0 Å². The summed E-state index contributed by atoms with van der Waals surface area (Å²) in [6.45, 7) is -0.103. The fourth-order valence-electron chi connectivity index (χ4n) is 2.48. The van der Waals surface area contributed by atoms with Gasteiger partial charge in [-0.15, -0.1) is 0 Å². The van der Waals surface area contributed by atoms with Crippen molar-refractivity contribution in [1.82, 2.24) is 4.90 Å². The molecular formula is C18H12Br2FNO3S. The standard InChI is InChI=1S/C18H12Br2FNO3S/c1-25-16-11(6-12(19)8-13(16)20)7-15-17(23)22(18(24)26-15)9-10-4-2-3-5-14(10)21/h2-8H,9H2,1H3/b15-7-. The molecule has 1 aliphatic heterocycles. The highest BCUT2D eigenvalue weighted by Crippen LogP contribution is 2.38. The fraction of sp³-hybridized carbons (Fsp3) is 0.111. The molecule has 0 atom stereocenters. The molecule has 0 radical (unpaired) electrons. The molecule has 2 aromatic rings. The number of benzene rings is 2. The molecule has 1 aliphatic rings. The largest absolute Gasteiger partial charge is 0.495 e. The average molecular weight is 501 g/mol. The van der Waals surface area contributed by atoms with Crippen LogP contribution in [0.3, 0.4) is 0 Å². The number of nitrogens with zero attached hydrogens (tertiary/aromatic N) is 1. The predicted molar refractivity (Wildman–Crippen MR) is 106 cm³/mol. The Balaban J connectivity index is 1.92. The number of halogens is 3. The lowest BCUT2D eigenvalue weighted by molar-refractivity contribution is -0.123. The molecule has 0 aromatic heterocycles. The zero-order chi connectivity index (χ0) is 18.8. The number of ether oxygens (including phenoxy) is 1. The van der Waals surface area contributed by atoms with Crippen molar-refractivity contribution < 1.29 is 18.7 Å². The van der Waals surface area contributed by atoms with E-state index in [4.69, 9.17) is 4.74 Å². The molecule has 8 heteroatoms. The molecule has 0 unspecified atom stereocenters. The van der Waals surface area contributed by atoms with Gasteiger partial charge < -0.3 is 4.74 Å². The fourth-order valence-corrected chi connectivity index (χ4v) is 4.73. The minimum atomic E-state index is -0.457. The van der Waals surface area contributed by atoms with E-state index >= 15 is 0 Å². The normalized spacial score (nSPS) is 15.8. The summed E-state index contributed by atoms with van der Waals surface area (Å²) >= 11 is 7.62. The zero-order valence-corrected chi connectivity index (χ0v) is 17.5. The minimum absolute atomic E-state index is 0.103. The van der Waals surface area contributed by atoms with Gasteiger partial charge in [0.15, 0.2) is 0 Å². The molecule has 3 rings (SSSR count). The first-order valence-electron chi connectivity index (χ1n) is 7.42. The second kappa shape index (κ2) is 7.94. The second-order valence-electron chi connectivity index (χ2n) is 5.37. The average Bonchev–Trinajstić information content (AvgIpc) is 2.84. The molecule has 1 saturated heterocycles. The third kappa shape index (κ3) is 3.87. The summed E-state index contributed by atoms with van der Waals surface area (Å²) in [5.74, 6) is -0.358. The zero-order valence-electron chi connectivity index (χ0n) is 13.5. The van der Waals surface area contributed by atoms with Crippen LogP contribution in [0.25, 0.3) is 6.08 Å². The Kier molecular flexibility index (Phi) is 5.84. The lowest BCUT2D eigenvalue weighted by Gasteiger charge is -2.13. The molecule has 1 fully saturated rings. The van der Waals surface area contributed by atoms with Crippen LogP contribution >= 0.6 is 43.6 Å². The van der Waals surface area contributed by atoms with Crippen molar-refractivity contribution in [3.8, 4) is 5.75 Å². The number of carbonyl (C=O) groups excluding carboxylic acids is 2. The van der Waals surface area contributed by atoms with E-state index in [1.54, 1.807) is 30.3 Å². The Bertz CT molecular complexity index is 933. The molecule has 0 bridgehead atoms. The highest BCUT2D eigenvalue weighted by molar-refractivity contribution is 9.11. The van der Waals surface area contributed by atoms with Crippen molar-refractivity contribution >= 4 is 60.8 Å². The van der Waals surface area contributed by atoms with E-state index in [-0.39, 0.29) is 11.4 Å². The molecule has 2 aromatic carbocycles. The SMILES string of the molecule is COc1c(Br)cc(Br)cc1/C=C1\SC(=O)N(Cc2ccccc2F)C1=O. The Hall–Kier alpha value is -1.64. The van der Waals surface area contributed by atoms with Crippen molar-refractivity contribution in [3.05, 3.63) is 67.2 Å². The van der Waals surface area contributed by atoms with Gasteiger partial charge in [-0.3, -0.25) is 14.5 Å². The van der Waals surface area contributed by atoms with Crippen LogP contribution < -0.4 is 4.74 Å². The van der Waals surface area contributed by atoms with Crippen LogP contribution in [0.1, 0.15) is 11.1 Å². The van der Waals surface area contributed by atoms with Crippen LogP contribution in [-0.2, 0) is 11.3 Å². The molecule has 4 nitrogen and oxygen atoms in total. The first kappa shape index (κ1) is 19.1. The van der Waals surface area contributed by atoms with Gasteiger partial charge in [0.25, 0.3) is 11.1 Å². The van der Waals surface area contributed by atoms with Crippen LogP contribution in [-0.4, -0.2) is 23.2 Å². The molecule has 26 heavy (non-hydrogen) atoms. The number of methoxy groups -OCH3 is 1. The minimum Gasteiger partial charge on any atom is -0.495 e. The summed E-state index contributed by atoms with van der Waals surface area (Å²) < 4.78 is 20.7. The number of amides is 2. The summed E-state index contributed by atoms with van der Waals surface area (Å²) in [6.07, 6.45) is 1.60. The second-order valence-corrected chi connectivity index (χ2v) is 8.13. The maximum absolute atomic E-state index is 13.8. The first-order chi connectivity index (χ1) is 12.4. The molecule has 0 N–H and O–H groups in total. The monoisotopic (exact) mass is 499 g/mol. The van der Waals surface area contributed by atoms with Crippen molar-refractivity contribution in [2.75, 3.05) is 7.11 Å². The Labute approximate surface area is 170 Å². The predicted octanol–water partition coefficient (Wildman–Crippen LogP) is 5.60. The molecule has 134 valence electrons. The van der Waals surface area contributed by atoms with Gasteiger partial charge in [-0.05, 0) is 52.0 Å². The number of hydrogen-bond donors (Lipinski definition) is 0. The third-order valence-electron chi connectivity index (χ3n) is 3.69. The van der Waals surface area contributed by atoms with Crippen LogP contribution in [0.4, 0.5) is 9.18 Å². The maximum Gasteiger partial charge on any atom is 0.293 e. The lowest BCUT2D eigenvalue weighted by Crippen LogP contribution is -2.27. The quantitative estimate of drug-likeness (QED) is 0.513. The summed E-state index contributed by atoms with van der Waals surface area (Å²) in [7, 11) is 1.52. The van der Waals surface area contributed by atoms with E-state index < -0.39 is 17.0 Å². The number of rotatable bonds is 4. The molecule has 1 heterocycles. The molecule has 0 aliphatic carbocycles. The maximum atomic E-state index is 13.8. The van der Waals surface area contributed by atoms with Gasteiger partial charge in [0.1, 0.15) is 11.6 Å². The van der Waals surface area contributed by atoms with Crippen LogP contribution in [0, 0.1) is 5.82 Å². The lowest BCUT2D eigenvalue weighted by atomic mass is 10.1. The smallest absolute Gasteiger partial charge is 0.293 e. The van der Waals surface area contributed by atoms with Gasteiger partial charge in [-0.1, -0.05) is 34.1 Å². The van der Waals surface area contributed by atoms with E-state index in [1.165, 1.54) is 13.2 Å². The number of imide groups is 1. The van der Waals surface area contributed by atoms with Crippen molar-refractivity contribution in [2.24, 2.45) is 0 Å². The highest BCUT2D eigenvalue weighted by atomic mass is 79.9. The Morgan fingerprint density at radius 2 is 1.96 bits per heavy atom. The van der Waals surface area contributed by atoms with Crippen molar-refractivity contribution in [3.63, 3.8) is 0 Å². The number of hydrogen-bond acceptors (Lipinski definition) is 4. The first-order valence-corrected chi connectivity index (χ1v) is 9.82. The van der Waals surface area contributed by atoms with Crippen molar-refractivity contribution in [1.29, 1.82) is 0 Å². The summed E-state index contributed by atoms with van der Waals surface area (Å²) in [5, 5.41) is -0.433. The number of carbonyl (C=O) groups is 2. The summed E-state index contributed by atoms with van der Waals surface area (Å²) in [4.78, 5) is 26.2. The number of thioether (sulfide) groups is 1. The topological polar surface area (TPSA) is 46.6 Å². The third-order valence-corrected chi connectivity index (χ3v) is 5.64. The molecular weight excluding hydrogens is 489 g/mol. The van der Waals surface area contributed by atoms with E-state index in [0.717, 1.165) is 21.1 Å². The van der Waals surface area contributed by atoms with Gasteiger partial charge in [-0.25, -0.2) is 4.39 Å². The molecule has 2 amide bonds. The van der Waals surface area contributed by atoms with Gasteiger partial charge in [-0.2, -0.15) is 0 Å². The highest BCUT2D eigenvalue weighted by Gasteiger charge is 2.35. The van der Waals surface area contributed by atoms with Gasteiger partial charge in [0, 0.05) is 15.6 Å². The van der Waals surface area contributed by atoms with E-state index in [2.05, 4.69) is 31.9 Å². The summed E-state index contributed by atoms with van der Waals surface area (Å²) in [5.41, 5.74) is 0.934. The van der Waals surface area contributed by atoms with Gasteiger partial charge >= 0.3 is 0 Å². The van der Waals surface area contributed by atoms with Crippen LogP contribution in [0.2, 0.25) is 0 Å². The van der Waals surface area contributed by atoms with Gasteiger partial charge in [0.2, 0.25) is 0 Å². The Morgan fingerprint density at radius 3 is 2.65 bits per heavy atom. The van der Waals surface area contributed by atoms with Crippen LogP contribution in [0.5, 0.6) is 5.75 Å². The van der Waals surface area contributed by atoms with Crippen LogP contribution in [0.15, 0.2) is 50.2 Å². The van der Waals surface area contributed by atoms with E-state index in [1.807, 2.05) is 6.07 Å². The van der Waals surface area contributed by atoms with Crippen molar-refractivity contribution in [2.45, 2.75) is 6.54 Å². The Morgan fingerprint density at radius 1 is 1.23 bits per heavy atom. The molecule has 0 spiro atoms. The summed E-state index contributed by atoms with van der Waals surface area (Å²) in [6, 6.07) is 9.68.